The first kappa shape index (κ1) is 25.4. The number of nitrogen functional groups attached to an aromatic ring is 1. The molecule has 1 aromatic carbocycles. The third-order valence-corrected chi connectivity index (χ3v) is 5.63. The van der Waals surface area contributed by atoms with Crippen molar-refractivity contribution in [2.75, 3.05) is 18.8 Å². The van der Waals surface area contributed by atoms with Gasteiger partial charge in [0.25, 0.3) is 6.43 Å². The number of anilines is 1. The molecule has 1 unspecified atom stereocenters. The Labute approximate surface area is 201 Å². The van der Waals surface area contributed by atoms with Gasteiger partial charge in [0, 0.05) is 41.7 Å². The van der Waals surface area contributed by atoms with Crippen molar-refractivity contribution >= 4 is 11.5 Å². The number of hydrogen-bond acceptors (Lipinski definition) is 6. The first-order valence-electron chi connectivity index (χ1n) is 10.8. The summed E-state index contributed by atoms with van der Waals surface area (Å²) in [6.07, 6.45) is -7.27. The Kier molecular flexibility index (Phi) is 6.85. The fourth-order valence-corrected chi connectivity index (χ4v) is 3.97. The molecular formula is C23H22F6N6O. The molecule has 192 valence electrons. The number of ether oxygens (including phenoxy) is 1. The van der Waals surface area contributed by atoms with Crippen LogP contribution in [-0.2, 0) is 12.6 Å². The molecule has 4 rings (SSSR count). The second-order valence-corrected chi connectivity index (χ2v) is 8.13. The highest BCUT2D eigenvalue weighted by atomic mass is 19.4. The quantitative estimate of drug-likeness (QED) is 0.452. The molecule has 1 aliphatic heterocycles. The molecule has 0 saturated heterocycles. The summed E-state index contributed by atoms with van der Waals surface area (Å²) in [6.45, 7) is 0.622. The summed E-state index contributed by atoms with van der Waals surface area (Å²) >= 11 is 0. The number of nitrogens with one attached hydrogen (secondary N) is 1. The van der Waals surface area contributed by atoms with Crippen LogP contribution >= 0.6 is 0 Å². The lowest BCUT2D eigenvalue weighted by atomic mass is 10.0. The SMILES string of the molecule is CC1Oc2cc(cnc2N)/C(NCC(F)F)=C(/CN)Cc2cc(C(F)(F)F)nn2-c2ccc(F)cc21. The second-order valence-electron chi connectivity index (χ2n) is 8.13. The van der Waals surface area contributed by atoms with Gasteiger partial charge in [0.2, 0.25) is 0 Å². The number of rotatable bonds is 4. The van der Waals surface area contributed by atoms with Crippen molar-refractivity contribution in [3.8, 4) is 11.4 Å². The Balaban J connectivity index is 2.02. The molecule has 5 N–H and O–H groups in total. The van der Waals surface area contributed by atoms with Gasteiger partial charge in [0.1, 0.15) is 11.9 Å². The fourth-order valence-electron chi connectivity index (χ4n) is 3.97. The molecule has 0 fully saturated rings. The standard InChI is InChI=1S/C23H22F6N6O/c1-11-16-6-14(24)2-3-17(16)35-15(7-19(34-35)23(27,28)29)4-12(8-30)21(32-10-20(25)26)13-5-18(36-11)22(31)33-9-13/h2-3,5-7,9,11,20,32H,4,8,10,30H2,1H3,(H2,31,33)/b21-12-. The van der Waals surface area contributed by atoms with Crippen LogP contribution < -0.4 is 21.5 Å². The maximum Gasteiger partial charge on any atom is 0.435 e. The van der Waals surface area contributed by atoms with Gasteiger partial charge < -0.3 is 21.5 Å². The van der Waals surface area contributed by atoms with Crippen molar-refractivity contribution in [3.63, 3.8) is 0 Å². The number of benzene rings is 1. The number of hydrogen-bond donors (Lipinski definition) is 3. The van der Waals surface area contributed by atoms with Crippen LogP contribution in [0.15, 0.2) is 42.1 Å². The zero-order valence-corrected chi connectivity index (χ0v) is 18.9. The molecule has 1 atom stereocenters. The highest BCUT2D eigenvalue weighted by Crippen LogP contribution is 2.36. The van der Waals surface area contributed by atoms with E-state index in [2.05, 4.69) is 15.4 Å². The van der Waals surface area contributed by atoms with Crippen LogP contribution in [0.3, 0.4) is 0 Å². The number of fused-ring (bicyclic) bond motifs is 5. The molecule has 7 nitrogen and oxygen atoms in total. The number of pyridine rings is 1. The minimum Gasteiger partial charge on any atom is -0.482 e. The molecule has 0 spiro atoms. The van der Waals surface area contributed by atoms with Crippen LogP contribution in [-0.4, -0.2) is 34.3 Å². The van der Waals surface area contributed by atoms with Crippen LogP contribution in [0.25, 0.3) is 11.4 Å². The molecule has 13 heteroatoms. The van der Waals surface area contributed by atoms with Gasteiger partial charge in [0.05, 0.1) is 12.2 Å². The zero-order valence-electron chi connectivity index (χ0n) is 18.9. The molecule has 1 aliphatic rings. The summed E-state index contributed by atoms with van der Waals surface area (Å²) in [7, 11) is 0. The van der Waals surface area contributed by atoms with Crippen LogP contribution in [0.5, 0.6) is 5.75 Å². The maximum absolute atomic E-state index is 14.2. The summed E-state index contributed by atoms with van der Waals surface area (Å²) in [6, 6.07) is 5.81. The molecule has 0 saturated carbocycles. The van der Waals surface area contributed by atoms with E-state index in [1.165, 1.54) is 18.3 Å². The largest absolute Gasteiger partial charge is 0.482 e. The van der Waals surface area contributed by atoms with Gasteiger partial charge in [-0.05, 0) is 42.8 Å². The predicted molar refractivity (Wildman–Crippen MR) is 120 cm³/mol. The number of alkyl halides is 5. The molecule has 3 aromatic rings. The smallest absolute Gasteiger partial charge is 0.435 e. The van der Waals surface area contributed by atoms with E-state index in [0.29, 0.717) is 5.57 Å². The summed E-state index contributed by atoms with van der Waals surface area (Å²) in [4.78, 5) is 4.07. The highest BCUT2D eigenvalue weighted by Gasteiger charge is 2.36. The summed E-state index contributed by atoms with van der Waals surface area (Å²) in [5.74, 6) is -0.593. The van der Waals surface area contributed by atoms with Crippen molar-refractivity contribution in [1.29, 1.82) is 0 Å². The molecule has 0 radical (unpaired) electrons. The van der Waals surface area contributed by atoms with Crippen LogP contribution in [0.1, 0.15) is 35.5 Å². The Morgan fingerprint density at radius 2 is 1.97 bits per heavy atom. The normalized spacial score (nSPS) is 18.1. The number of nitrogens with two attached hydrogens (primary N) is 2. The minimum absolute atomic E-state index is 0.0257. The van der Waals surface area contributed by atoms with E-state index in [1.807, 2.05) is 0 Å². The van der Waals surface area contributed by atoms with Gasteiger partial charge >= 0.3 is 6.18 Å². The van der Waals surface area contributed by atoms with E-state index in [0.717, 1.165) is 22.9 Å². The first-order chi connectivity index (χ1) is 17.0. The van der Waals surface area contributed by atoms with Gasteiger partial charge in [-0.25, -0.2) is 22.8 Å². The third kappa shape index (κ3) is 5.10. The molecule has 36 heavy (non-hydrogen) atoms. The number of halogens is 6. The van der Waals surface area contributed by atoms with Gasteiger partial charge in [-0.1, -0.05) is 0 Å². The molecule has 0 aliphatic carbocycles. The summed E-state index contributed by atoms with van der Waals surface area (Å²) in [5.41, 5.74) is 11.9. The molecule has 2 aromatic heterocycles. The van der Waals surface area contributed by atoms with Gasteiger partial charge in [-0.15, -0.1) is 0 Å². The predicted octanol–water partition coefficient (Wildman–Crippen LogP) is 4.23. The number of nitrogens with zero attached hydrogens (tertiary/aromatic N) is 3. The number of aromatic nitrogens is 3. The molecule has 3 heterocycles. The fraction of sp³-hybridized carbons (Fsp3) is 0.304. The van der Waals surface area contributed by atoms with Crippen LogP contribution in [0.4, 0.5) is 32.2 Å². The lowest BCUT2D eigenvalue weighted by molar-refractivity contribution is -0.141. The van der Waals surface area contributed by atoms with E-state index in [1.54, 1.807) is 6.92 Å². The monoisotopic (exact) mass is 512 g/mol. The Hall–Kier alpha value is -3.74. The lowest BCUT2D eigenvalue weighted by Gasteiger charge is -2.23. The highest BCUT2D eigenvalue weighted by molar-refractivity contribution is 5.70. The van der Waals surface area contributed by atoms with Crippen molar-refractivity contribution in [3.05, 3.63) is 70.4 Å². The Morgan fingerprint density at radius 3 is 2.64 bits per heavy atom. The minimum atomic E-state index is -4.77. The topological polar surface area (TPSA) is 104 Å². The third-order valence-electron chi connectivity index (χ3n) is 5.63. The van der Waals surface area contributed by atoms with Gasteiger partial charge in [0.15, 0.2) is 17.3 Å². The molecule has 0 amide bonds. The molecule has 2 bridgehead atoms. The lowest BCUT2D eigenvalue weighted by Crippen LogP contribution is -2.24. The van der Waals surface area contributed by atoms with Crippen LogP contribution in [0, 0.1) is 5.82 Å². The average molecular weight is 512 g/mol. The Morgan fingerprint density at radius 1 is 1.22 bits per heavy atom. The zero-order chi connectivity index (χ0) is 26.2. The van der Waals surface area contributed by atoms with E-state index >= 15 is 0 Å². The van der Waals surface area contributed by atoms with Gasteiger partial charge in [-0.2, -0.15) is 18.3 Å². The summed E-state index contributed by atoms with van der Waals surface area (Å²) < 4.78 is 88.2. The van der Waals surface area contributed by atoms with Crippen molar-refractivity contribution in [2.45, 2.75) is 32.1 Å². The molecular weight excluding hydrogens is 490 g/mol. The van der Waals surface area contributed by atoms with Crippen molar-refractivity contribution < 1.29 is 31.1 Å². The van der Waals surface area contributed by atoms with Gasteiger partial charge in [-0.3, -0.25) is 0 Å². The van der Waals surface area contributed by atoms with E-state index in [4.69, 9.17) is 16.2 Å². The first-order valence-corrected chi connectivity index (χ1v) is 10.8. The van der Waals surface area contributed by atoms with E-state index in [9.17, 15) is 26.3 Å². The van der Waals surface area contributed by atoms with Crippen LogP contribution in [0.2, 0.25) is 0 Å². The maximum atomic E-state index is 14.2. The van der Waals surface area contributed by atoms with Crippen molar-refractivity contribution in [1.82, 2.24) is 20.1 Å². The Bertz CT molecular complexity index is 1300. The average Bonchev–Trinajstić information content (AvgIpc) is 3.23. The summed E-state index contributed by atoms with van der Waals surface area (Å²) in [5, 5.41) is 6.36. The van der Waals surface area contributed by atoms with E-state index < -0.39 is 36.8 Å². The second kappa shape index (κ2) is 9.72. The van der Waals surface area contributed by atoms with Crippen molar-refractivity contribution in [2.24, 2.45) is 5.73 Å². The van der Waals surface area contributed by atoms with E-state index in [-0.39, 0.29) is 52.7 Å².